The molecule has 5 aliphatic carbocycles. The van der Waals surface area contributed by atoms with Crippen LogP contribution in [0.4, 0.5) is 0 Å². The minimum Gasteiger partial charge on any atom is -0.393 e. The Morgan fingerprint density at radius 3 is 2.25 bits per heavy atom. The summed E-state index contributed by atoms with van der Waals surface area (Å²) in [6.07, 6.45) is 11.3. The highest BCUT2D eigenvalue weighted by atomic mass is 16.3. The number of aliphatic hydroxyl groups is 1. The number of carbonyl (C=O) groups excluding carboxylic acids is 1. The Morgan fingerprint density at radius 2 is 1.56 bits per heavy atom. The Hall–Kier alpha value is -0.630. The van der Waals surface area contributed by atoms with E-state index in [1.807, 2.05) is 0 Å². The van der Waals surface area contributed by atoms with Crippen LogP contribution in [0.3, 0.4) is 0 Å². The third kappa shape index (κ3) is 2.60. The molecule has 0 amide bonds. The number of aliphatic hydroxyl groups excluding tert-OH is 1. The second-order valence-electron chi connectivity index (χ2n) is 14.7. The van der Waals surface area contributed by atoms with E-state index in [1.54, 1.807) is 0 Å². The first-order valence-electron chi connectivity index (χ1n) is 13.7. The van der Waals surface area contributed by atoms with Crippen molar-refractivity contribution in [3.8, 4) is 0 Å². The predicted molar refractivity (Wildman–Crippen MR) is 131 cm³/mol. The van der Waals surface area contributed by atoms with Gasteiger partial charge in [0, 0.05) is 5.92 Å². The van der Waals surface area contributed by atoms with Gasteiger partial charge in [-0.05, 0) is 108 Å². The maximum Gasteiger partial charge on any atom is 0.159 e. The summed E-state index contributed by atoms with van der Waals surface area (Å²) in [6.45, 7) is 19.4. The zero-order valence-electron chi connectivity index (χ0n) is 22.1. The first kappa shape index (κ1) is 23.1. The van der Waals surface area contributed by atoms with Crippen molar-refractivity contribution in [2.24, 2.45) is 56.7 Å². The summed E-state index contributed by atoms with van der Waals surface area (Å²) >= 11 is 0. The van der Waals surface area contributed by atoms with Crippen LogP contribution in [0.15, 0.2) is 11.6 Å². The molecule has 0 radical (unpaired) electrons. The Kier molecular flexibility index (Phi) is 4.87. The number of hydrogen-bond acceptors (Lipinski definition) is 2. The van der Waals surface area contributed by atoms with Crippen LogP contribution >= 0.6 is 0 Å². The van der Waals surface area contributed by atoms with Crippen LogP contribution in [0.1, 0.15) is 107 Å². The second-order valence-corrected chi connectivity index (χ2v) is 14.7. The molecule has 0 bridgehead atoms. The van der Waals surface area contributed by atoms with Crippen LogP contribution in [0.2, 0.25) is 0 Å². The molecule has 5 aliphatic rings. The molecule has 4 saturated carbocycles. The summed E-state index contributed by atoms with van der Waals surface area (Å²) in [6, 6.07) is 0. The third-order valence-corrected chi connectivity index (χ3v) is 13.1. The van der Waals surface area contributed by atoms with Gasteiger partial charge in [-0.3, -0.25) is 4.79 Å². The van der Waals surface area contributed by atoms with Gasteiger partial charge < -0.3 is 5.11 Å². The molecule has 0 aromatic heterocycles. The van der Waals surface area contributed by atoms with E-state index in [1.165, 1.54) is 31.3 Å². The van der Waals surface area contributed by atoms with Crippen molar-refractivity contribution in [1.82, 2.24) is 0 Å². The van der Waals surface area contributed by atoms with E-state index in [2.05, 4.69) is 61.5 Å². The molecular formula is C30H48O2. The molecule has 2 nitrogen and oxygen atoms in total. The summed E-state index contributed by atoms with van der Waals surface area (Å²) in [4.78, 5) is 14.2. The lowest BCUT2D eigenvalue weighted by molar-refractivity contribution is -0.202. The number of ketones is 1. The fourth-order valence-electron chi connectivity index (χ4n) is 10.7. The van der Waals surface area contributed by atoms with Gasteiger partial charge in [0.2, 0.25) is 0 Å². The predicted octanol–water partition coefficient (Wildman–Crippen LogP) is 7.20. The Bertz CT molecular complexity index is 855. The van der Waals surface area contributed by atoms with E-state index in [-0.39, 0.29) is 33.7 Å². The van der Waals surface area contributed by atoms with Gasteiger partial charge in [-0.2, -0.15) is 0 Å². The number of fused-ring (bicyclic) bond motifs is 7. The Labute approximate surface area is 197 Å². The summed E-state index contributed by atoms with van der Waals surface area (Å²) in [7, 11) is 0. The highest BCUT2D eigenvalue weighted by Crippen LogP contribution is 2.75. The van der Waals surface area contributed by atoms with Crippen LogP contribution in [0.25, 0.3) is 0 Å². The third-order valence-electron chi connectivity index (χ3n) is 13.1. The molecular weight excluding hydrogens is 392 g/mol. The monoisotopic (exact) mass is 440 g/mol. The fraction of sp³-hybridized carbons (Fsp3) is 0.900. The normalized spacial score (nSPS) is 56.9. The van der Waals surface area contributed by atoms with Gasteiger partial charge in [-0.15, -0.1) is 0 Å². The molecule has 180 valence electrons. The van der Waals surface area contributed by atoms with Crippen molar-refractivity contribution in [1.29, 1.82) is 0 Å². The van der Waals surface area contributed by atoms with Crippen molar-refractivity contribution < 1.29 is 9.90 Å². The molecule has 4 fully saturated rings. The molecule has 0 aromatic rings. The summed E-state index contributed by atoms with van der Waals surface area (Å²) < 4.78 is 0. The first-order valence-corrected chi connectivity index (χ1v) is 13.7. The largest absolute Gasteiger partial charge is 0.393 e. The SMILES string of the molecule is C[C@H]1[C@H](C)CC[C@]2(C)CC[C@]3(C)C(=CC(=O)[C@@H]4[C@@]5(C)CC[C@H](O)C(C)(C)[C@@H]5CC[C@]43C)[C@H]12. The van der Waals surface area contributed by atoms with E-state index in [4.69, 9.17) is 0 Å². The molecule has 0 unspecified atom stereocenters. The Morgan fingerprint density at radius 1 is 0.875 bits per heavy atom. The van der Waals surface area contributed by atoms with E-state index in [0.29, 0.717) is 29.0 Å². The molecule has 10 atom stereocenters. The van der Waals surface area contributed by atoms with Crippen LogP contribution in [-0.4, -0.2) is 17.0 Å². The molecule has 0 aromatic carbocycles. The van der Waals surface area contributed by atoms with Gasteiger partial charge in [0.1, 0.15) is 0 Å². The van der Waals surface area contributed by atoms with Gasteiger partial charge in [0.25, 0.3) is 0 Å². The van der Waals surface area contributed by atoms with Gasteiger partial charge >= 0.3 is 0 Å². The van der Waals surface area contributed by atoms with Gasteiger partial charge in [0.15, 0.2) is 5.78 Å². The van der Waals surface area contributed by atoms with E-state index in [0.717, 1.165) is 31.6 Å². The number of hydrogen-bond donors (Lipinski definition) is 1. The van der Waals surface area contributed by atoms with E-state index in [9.17, 15) is 9.90 Å². The van der Waals surface area contributed by atoms with Crippen molar-refractivity contribution >= 4 is 5.78 Å². The van der Waals surface area contributed by atoms with Crippen LogP contribution < -0.4 is 0 Å². The number of allylic oxidation sites excluding steroid dienone is 2. The van der Waals surface area contributed by atoms with Gasteiger partial charge in [-0.25, -0.2) is 0 Å². The summed E-state index contributed by atoms with van der Waals surface area (Å²) in [5.74, 6) is 2.89. The number of rotatable bonds is 0. The molecule has 0 aliphatic heterocycles. The van der Waals surface area contributed by atoms with Crippen LogP contribution in [0, 0.1) is 56.7 Å². The lowest BCUT2D eigenvalue weighted by atomic mass is 9.33. The minimum atomic E-state index is -0.245. The minimum absolute atomic E-state index is 0.00984. The van der Waals surface area contributed by atoms with Crippen LogP contribution in [0.5, 0.6) is 0 Å². The van der Waals surface area contributed by atoms with Crippen molar-refractivity contribution in [2.45, 2.75) is 113 Å². The molecule has 1 N–H and O–H groups in total. The van der Waals surface area contributed by atoms with Crippen molar-refractivity contribution in [2.75, 3.05) is 0 Å². The summed E-state index contributed by atoms with van der Waals surface area (Å²) in [5, 5.41) is 10.9. The topological polar surface area (TPSA) is 37.3 Å². The summed E-state index contributed by atoms with van der Waals surface area (Å²) in [5.41, 5.74) is 1.92. The Balaban J connectivity index is 1.64. The van der Waals surface area contributed by atoms with E-state index < -0.39 is 0 Å². The quantitative estimate of drug-likeness (QED) is 0.432. The average Bonchev–Trinajstić information content (AvgIpc) is 2.70. The number of carbonyl (C=O) groups is 1. The maximum absolute atomic E-state index is 14.2. The van der Waals surface area contributed by atoms with Crippen molar-refractivity contribution in [3.05, 3.63) is 11.6 Å². The molecule has 5 rings (SSSR count). The second kappa shape index (κ2) is 6.73. The molecule has 0 spiro atoms. The molecule has 2 heteroatoms. The highest BCUT2D eigenvalue weighted by molar-refractivity contribution is 5.95. The van der Waals surface area contributed by atoms with Gasteiger partial charge in [0.05, 0.1) is 6.10 Å². The maximum atomic E-state index is 14.2. The van der Waals surface area contributed by atoms with E-state index >= 15 is 0 Å². The van der Waals surface area contributed by atoms with Crippen LogP contribution in [-0.2, 0) is 4.79 Å². The lowest BCUT2D eigenvalue weighted by Crippen LogP contribution is -2.66. The molecule has 0 heterocycles. The van der Waals surface area contributed by atoms with Crippen molar-refractivity contribution in [3.63, 3.8) is 0 Å². The average molecular weight is 441 g/mol. The standard InChI is InChI=1S/C30H48O2/c1-18-9-12-27(5)15-16-29(7)20(24(27)19(18)2)17-21(31)25-28(6)13-11-23(32)26(3,4)22(28)10-14-30(25,29)8/h17-19,22-25,32H,9-16H2,1-8H3/t18-,19+,22+,23+,24+,25-,27-,28+,29-,30-/m1/s1. The molecule has 0 saturated heterocycles. The van der Waals surface area contributed by atoms with Gasteiger partial charge in [-0.1, -0.05) is 61.0 Å². The smallest absolute Gasteiger partial charge is 0.159 e. The highest BCUT2D eigenvalue weighted by Gasteiger charge is 2.70. The fourth-order valence-corrected chi connectivity index (χ4v) is 10.7. The zero-order chi connectivity index (χ0) is 23.5. The lowest BCUT2D eigenvalue weighted by Gasteiger charge is -2.70. The first-order chi connectivity index (χ1) is 14.7. The molecule has 32 heavy (non-hydrogen) atoms. The zero-order valence-corrected chi connectivity index (χ0v) is 22.1.